The summed E-state index contributed by atoms with van der Waals surface area (Å²) >= 11 is 1.48. The first-order chi connectivity index (χ1) is 8.81. The summed E-state index contributed by atoms with van der Waals surface area (Å²) in [4.78, 5) is 15.0. The molecule has 0 atom stereocenters. The predicted octanol–water partition coefficient (Wildman–Crippen LogP) is 0.921. The van der Waals surface area contributed by atoms with Crippen LogP contribution in [0.2, 0.25) is 0 Å². The second-order valence-electron chi connectivity index (χ2n) is 3.96. The topological polar surface area (TPSA) is 55.6 Å². The average molecular weight is 264 g/mol. The van der Waals surface area contributed by atoms with Crippen LogP contribution in [0.25, 0.3) is 0 Å². The molecule has 4 nitrogen and oxygen atoms in total. The molecule has 0 radical (unpaired) electrons. The average Bonchev–Trinajstić information content (AvgIpc) is 2.69. The van der Waals surface area contributed by atoms with Crippen LogP contribution in [0.3, 0.4) is 0 Å². The number of amides is 1. The van der Waals surface area contributed by atoms with Crippen molar-refractivity contribution < 1.29 is 9.53 Å². The Kier molecular flexibility index (Phi) is 4.76. The first kappa shape index (κ1) is 13.1. The summed E-state index contributed by atoms with van der Waals surface area (Å²) in [5, 5.41) is 1.86. The monoisotopic (exact) mass is 264 g/mol. The maximum absolute atomic E-state index is 12.2. The highest BCUT2D eigenvalue weighted by molar-refractivity contribution is 7.10. The third-order valence-electron chi connectivity index (χ3n) is 2.67. The second-order valence-corrected chi connectivity index (χ2v) is 4.87. The summed E-state index contributed by atoms with van der Waals surface area (Å²) in [6.07, 6.45) is 0.899. The number of nitrogens with zero attached hydrogens (tertiary/aromatic N) is 1. The van der Waals surface area contributed by atoms with Gasteiger partial charge in [0.1, 0.15) is 0 Å². The highest BCUT2D eigenvalue weighted by atomic mass is 32.1. The van der Waals surface area contributed by atoms with E-state index in [4.69, 9.17) is 10.5 Å². The standard InChI is InChI=1S/C13H16N2O2S/c14-4-1-3-12-9-11(10-18-12)13(16)15-5-2-7-17-8-6-15/h9-10H,2,4-8,14H2. The molecule has 2 N–H and O–H groups in total. The second kappa shape index (κ2) is 6.55. The van der Waals surface area contributed by atoms with Crippen LogP contribution in [0.15, 0.2) is 11.4 Å². The van der Waals surface area contributed by atoms with E-state index in [1.165, 1.54) is 11.3 Å². The summed E-state index contributed by atoms with van der Waals surface area (Å²) < 4.78 is 5.34. The van der Waals surface area contributed by atoms with E-state index in [1.807, 2.05) is 16.3 Å². The minimum Gasteiger partial charge on any atom is -0.380 e. The molecule has 1 aliphatic heterocycles. The molecule has 1 aromatic heterocycles. The summed E-state index contributed by atoms with van der Waals surface area (Å²) in [6.45, 7) is 3.12. The van der Waals surface area contributed by atoms with Gasteiger partial charge in [-0.3, -0.25) is 4.79 Å². The van der Waals surface area contributed by atoms with Crippen molar-refractivity contribution in [1.29, 1.82) is 0 Å². The molecule has 18 heavy (non-hydrogen) atoms. The number of ether oxygens (including phenoxy) is 1. The maximum atomic E-state index is 12.2. The first-order valence-corrected chi connectivity index (χ1v) is 6.83. The van der Waals surface area contributed by atoms with E-state index in [9.17, 15) is 4.79 Å². The smallest absolute Gasteiger partial charge is 0.254 e. The molecule has 2 heterocycles. The van der Waals surface area contributed by atoms with Crippen molar-refractivity contribution in [2.24, 2.45) is 5.73 Å². The normalized spacial score (nSPS) is 15.7. The van der Waals surface area contributed by atoms with Gasteiger partial charge in [-0.05, 0) is 12.5 Å². The number of hydrogen-bond donors (Lipinski definition) is 1. The maximum Gasteiger partial charge on any atom is 0.254 e. The molecule has 96 valence electrons. The number of nitrogens with two attached hydrogens (primary N) is 1. The largest absolute Gasteiger partial charge is 0.380 e. The number of thiophene rings is 1. The lowest BCUT2D eigenvalue weighted by Gasteiger charge is -2.18. The van der Waals surface area contributed by atoms with Crippen molar-refractivity contribution in [3.05, 3.63) is 21.9 Å². The Morgan fingerprint density at radius 1 is 1.50 bits per heavy atom. The Balaban J connectivity index is 2.05. The fourth-order valence-corrected chi connectivity index (χ4v) is 2.53. The Morgan fingerprint density at radius 3 is 3.22 bits per heavy atom. The Bertz CT molecular complexity index is 465. The molecule has 1 saturated heterocycles. The van der Waals surface area contributed by atoms with Crippen LogP contribution in [-0.2, 0) is 4.74 Å². The summed E-state index contributed by atoms with van der Waals surface area (Å²) in [6, 6.07) is 1.83. The van der Waals surface area contributed by atoms with Gasteiger partial charge in [-0.1, -0.05) is 11.8 Å². The molecule has 0 bridgehead atoms. The lowest BCUT2D eigenvalue weighted by atomic mass is 10.2. The molecule has 5 heteroatoms. The highest BCUT2D eigenvalue weighted by Crippen LogP contribution is 2.16. The van der Waals surface area contributed by atoms with Crippen LogP contribution >= 0.6 is 11.3 Å². The lowest BCUT2D eigenvalue weighted by Crippen LogP contribution is -2.32. The van der Waals surface area contributed by atoms with Crippen molar-refractivity contribution in [3.8, 4) is 11.8 Å². The van der Waals surface area contributed by atoms with Crippen LogP contribution < -0.4 is 5.73 Å². The molecule has 0 unspecified atom stereocenters. The summed E-state index contributed by atoms with van der Waals surface area (Å²) in [7, 11) is 0. The number of carbonyl (C=O) groups excluding carboxylic acids is 1. The van der Waals surface area contributed by atoms with Gasteiger partial charge < -0.3 is 15.4 Å². The number of hydrogen-bond acceptors (Lipinski definition) is 4. The quantitative estimate of drug-likeness (QED) is 0.767. The SMILES string of the molecule is NCC#Cc1cc(C(=O)N2CCCOCC2)cs1. The zero-order valence-corrected chi connectivity index (χ0v) is 11.0. The molecule has 0 aliphatic carbocycles. The predicted molar refractivity (Wildman–Crippen MR) is 71.6 cm³/mol. The van der Waals surface area contributed by atoms with Crippen molar-refractivity contribution in [2.45, 2.75) is 6.42 Å². The van der Waals surface area contributed by atoms with E-state index in [0.29, 0.717) is 25.3 Å². The van der Waals surface area contributed by atoms with Crippen molar-refractivity contribution in [3.63, 3.8) is 0 Å². The molecular weight excluding hydrogens is 248 g/mol. The third-order valence-corrected chi connectivity index (χ3v) is 3.52. The van der Waals surface area contributed by atoms with Crippen LogP contribution in [0.5, 0.6) is 0 Å². The minimum atomic E-state index is 0.0672. The van der Waals surface area contributed by atoms with Gasteiger partial charge in [-0.2, -0.15) is 0 Å². The summed E-state index contributed by atoms with van der Waals surface area (Å²) in [5.41, 5.74) is 6.03. The van der Waals surface area contributed by atoms with Crippen LogP contribution in [-0.4, -0.2) is 43.7 Å². The molecule has 0 spiro atoms. The molecule has 1 aromatic rings. The minimum absolute atomic E-state index is 0.0672. The zero-order valence-electron chi connectivity index (χ0n) is 10.1. The van der Waals surface area contributed by atoms with Gasteiger partial charge in [0.2, 0.25) is 0 Å². The van der Waals surface area contributed by atoms with Gasteiger partial charge in [0, 0.05) is 25.1 Å². The lowest BCUT2D eigenvalue weighted by molar-refractivity contribution is 0.0742. The molecule has 1 aliphatic rings. The first-order valence-electron chi connectivity index (χ1n) is 5.96. The van der Waals surface area contributed by atoms with Gasteiger partial charge in [-0.15, -0.1) is 11.3 Å². The highest BCUT2D eigenvalue weighted by Gasteiger charge is 2.18. The van der Waals surface area contributed by atoms with Crippen molar-refractivity contribution in [1.82, 2.24) is 4.90 Å². The number of carbonyl (C=O) groups is 1. The van der Waals surface area contributed by atoms with Crippen molar-refractivity contribution in [2.75, 3.05) is 32.8 Å². The third kappa shape index (κ3) is 3.33. The van der Waals surface area contributed by atoms with E-state index >= 15 is 0 Å². The van der Waals surface area contributed by atoms with Gasteiger partial charge in [0.25, 0.3) is 5.91 Å². The Hall–Kier alpha value is -1.35. The Labute approximate surface area is 111 Å². The fourth-order valence-electron chi connectivity index (χ4n) is 1.78. The van der Waals surface area contributed by atoms with Gasteiger partial charge >= 0.3 is 0 Å². The molecule has 0 saturated carbocycles. The van der Waals surface area contributed by atoms with E-state index < -0.39 is 0 Å². The van der Waals surface area contributed by atoms with E-state index in [1.54, 1.807) is 0 Å². The van der Waals surface area contributed by atoms with Crippen molar-refractivity contribution >= 4 is 17.2 Å². The molecule has 1 fully saturated rings. The molecular formula is C13H16N2O2S. The van der Waals surface area contributed by atoms with Crippen LogP contribution in [0.4, 0.5) is 0 Å². The van der Waals surface area contributed by atoms with E-state index in [2.05, 4.69) is 11.8 Å². The molecule has 0 aromatic carbocycles. The van der Waals surface area contributed by atoms with E-state index in [0.717, 1.165) is 24.4 Å². The van der Waals surface area contributed by atoms with Gasteiger partial charge in [0.05, 0.1) is 23.6 Å². The van der Waals surface area contributed by atoms with Crippen LogP contribution in [0, 0.1) is 11.8 Å². The Morgan fingerprint density at radius 2 is 2.39 bits per heavy atom. The summed E-state index contributed by atoms with van der Waals surface area (Å²) in [5.74, 6) is 5.80. The molecule has 1 amide bonds. The fraction of sp³-hybridized carbons (Fsp3) is 0.462. The zero-order chi connectivity index (χ0) is 12.8. The van der Waals surface area contributed by atoms with E-state index in [-0.39, 0.29) is 5.91 Å². The van der Waals surface area contributed by atoms with Gasteiger partial charge in [0.15, 0.2) is 0 Å². The molecule has 2 rings (SSSR count). The number of rotatable bonds is 1. The van der Waals surface area contributed by atoms with Crippen LogP contribution in [0.1, 0.15) is 21.7 Å². The van der Waals surface area contributed by atoms with Gasteiger partial charge in [-0.25, -0.2) is 0 Å².